The highest BCUT2D eigenvalue weighted by molar-refractivity contribution is 5.95. The molecule has 7 heteroatoms. The van der Waals surface area contributed by atoms with Crippen LogP contribution in [0.25, 0.3) is 0 Å². The predicted octanol–water partition coefficient (Wildman–Crippen LogP) is 5.17. The number of amides is 2. The number of carbonyl (C=O) groups excluding carboxylic acids is 2. The lowest BCUT2D eigenvalue weighted by Gasteiger charge is -2.52. The number of piperidine rings is 1. The third-order valence-electron chi connectivity index (χ3n) is 8.29. The van der Waals surface area contributed by atoms with Gasteiger partial charge < -0.3 is 24.8 Å². The lowest BCUT2D eigenvalue weighted by Crippen LogP contribution is -2.51. The van der Waals surface area contributed by atoms with Gasteiger partial charge in [-0.3, -0.25) is 4.79 Å². The molecular formula is C31H40N4O3. The Kier molecular flexibility index (Phi) is 8.32. The summed E-state index contributed by atoms with van der Waals surface area (Å²) < 4.78 is 5.54. The van der Waals surface area contributed by atoms with Crippen molar-refractivity contribution >= 4 is 17.7 Å². The van der Waals surface area contributed by atoms with Gasteiger partial charge in [-0.1, -0.05) is 43.0 Å². The van der Waals surface area contributed by atoms with Gasteiger partial charge in [0.05, 0.1) is 12.1 Å². The van der Waals surface area contributed by atoms with Gasteiger partial charge in [-0.15, -0.1) is 0 Å². The summed E-state index contributed by atoms with van der Waals surface area (Å²) in [7, 11) is 0. The second-order valence-corrected chi connectivity index (χ2v) is 10.5. The largest absolute Gasteiger partial charge is 0.445 e. The Labute approximate surface area is 226 Å². The number of nitrogens with zero attached hydrogens (tertiary/aromatic N) is 3. The second kappa shape index (κ2) is 12.0. The van der Waals surface area contributed by atoms with Crippen LogP contribution in [0.2, 0.25) is 0 Å². The van der Waals surface area contributed by atoms with Crippen LogP contribution >= 0.6 is 0 Å². The number of carbonyl (C=O) groups is 2. The zero-order valence-corrected chi connectivity index (χ0v) is 22.5. The predicted molar refractivity (Wildman–Crippen MR) is 150 cm³/mol. The number of ether oxygens (including phenoxy) is 1. The van der Waals surface area contributed by atoms with Gasteiger partial charge in [0, 0.05) is 43.3 Å². The fourth-order valence-corrected chi connectivity index (χ4v) is 6.63. The molecule has 2 saturated heterocycles. The van der Waals surface area contributed by atoms with Gasteiger partial charge in [-0.25, -0.2) is 4.79 Å². The second-order valence-electron chi connectivity index (χ2n) is 10.5. The third-order valence-corrected chi connectivity index (χ3v) is 8.29. The van der Waals surface area contributed by atoms with E-state index >= 15 is 0 Å². The Morgan fingerprint density at radius 1 is 1.05 bits per heavy atom. The van der Waals surface area contributed by atoms with E-state index in [4.69, 9.17) is 4.74 Å². The van der Waals surface area contributed by atoms with E-state index in [1.807, 2.05) is 23.1 Å². The lowest BCUT2D eigenvalue weighted by atomic mass is 9.73. The van der Waals surface area contributed by atoms with Crippen molar-refractivity contribution in [3.05, 3.63) is 77.9 Å². The number of benzene rings is 2. The minimum absolute atomic E-state index is 0.0617. The van der Waals surface area contributed by atoms with Crippen LogP contribution in [0.5, 0.6) is 0 Å². The molecule has 2 amide bonds. The normalized spacial score (nSPS) is 22.9. The summed E-state index contributed by atoms with van der Waals surface area (Å²) in [5.74, 6) is 0.122. The molecule has 5 rings (SSSR count). The first-order valence-corrected chi connectivity index (χ1v) is 14.1. The minimum atomic E-state index is -0.317. The van der Waals surface area contributed by atoms with Crippen LogP contribution < -0.4 is 10.2 Å². The average molecular weight is 517 g/mol. The zero-order chi connectivity index (χ0) is 26.5. The fraction of sp³-hybridized carbons (Fsp3) is 0.484. The first-order valence-electron chi connectivity index (χ1n) is 14.1. The molecule has 3 atom stereocenters. The topological polar surface area (TPSA) is 65.1 Å². The Morgan fingerprint density at radius 2 is 1.84 bits per heavy atom. The fourth-order valence-electron chi connectivity index (χ4n) is 6.63. The molecule has 0 aromatic heterocycles. The summed E-state index contributed by atoms with van der Waals surface area (Å²) >= 11 is 0. The molecule has 0 radical (unpaired) electrons. The first kappa shape index (κ1) is 26.3. The van der Waals surface area contributed by atoms with Gasteiger partial charge in [0.25, 0.3) is 5.91 Å². The molecule has 0 spiro atoms. The maximum Gasteiger partial charge on any atom is 0.410 e. The maximum absolute atomic E-state index is 13.3. The number of hydrogen-bond donors (Lipinski definition) is 1. The number of anilines is 1. The smallest absolute Gasteiger partial charge is 0.410 e. The molecule has 202 valence electrons. The molecule has 1 unspecified atom stereocenters. The van der Waals surface area contributed by atoms with E-state index in [1.165, 1.54) is 18.4 Å². The Hall–Kier alpha value is -3.32. The number of hydrogen-bond acceptors (Lipinski definition) is 5. The molecule has 0 bridgehead atoms. The first-order chi connectivity index (χ1) is 18.6. The Morgan fingerprint density at radius 3 is 2.58 bits per heavy atom. The molecular weight excluding hydrogens is 476 g/mol. The van der Waals surface area contributed by atoms with Gasteiger partial charge in [-0.05, 0) is 75.0 Å². The summed E-state index contributed by atoms with van der Waals surface area (Å²) in [6, 6.07) is 16.6. The minimum Gasteiger partial charge on any atom is -0.445 e. The van der Waals surface area contributed by atoms with Crippen molar-refractivity contribution in [1.82, 2.24) is 15.1 Å². The van der Waals surface area contributed by atoms with Crippen molar-refractivity contribution in [3.8, 4) is 0 Å². The van der Waals surface area contributed by atoms with Crippen molar-refractivity contribution in [1.29, 1.82) is 0 Å². The number of nitrogens with one attached hydrogen (secondary N) is 1. The molecule has 1 N–H and O–H groups in total. The van der Waals surface area contributed by atoms with Gasteiger partial charge in [-0.2, -0.15) is 0 Å². The molecule has 3 heterocycles. The van der Waals surface area contributed by atoms with Crippen LogP contribution in [0.15, 0.2) is 61.2 Å². The van der Waals surface area contributed by atoms with Gasteiger partial charge >= 0.3 is 6.09 Å². The van der Waals surface area contributed by atoms with E-state index in [0.29, 0.717) is 18.7 Å². The summed E-state index contributed by atoms with van der Waals surface area (Å²) in [4.78, 5) is 33.2. The van der Waals surface area contributed by atoms with E-state index in [-0.39, 0.29) is 36.6 Å². The van der Waals surface area contributed by atoms with Gasteiger partial charge in [0.1, 0.15) is 6.61 Å². The number of fused-ring (bicyclic) bond motifs is 3. The van der Waals surface area contributed by atoms with Crippen molar-refractivity contribution in [2.24, 2.45) is 5.92 Å². The van der Waals surface area contributed by atoms with E-state index < -0.39 is 0 Å². The highest BCUT2D eigenvalue weighted by atomic mass is 16.6. The molecule has 2 aromatic rings. The monoisotopic (exact) mass is 516 g/mol. The van der Waals surface area contributed by atoms with Crippen molar-refractivity contribution < 1.29 is 14.3 Å². The number of likely N-dealkylation sites (tertiary alicyclic amines) is 2. The number of rotatable bonds is 8. The summed E-state index contributed by atoms with van der Waals surface area (Å²) in [6.07, 6.45) is 5.68. The zero-order valence-electron chi connectivity index (χ0n) is 22.5. The molecule has 2 aromatic carbocycles. The van der Waals surface area contributed by atoms with Crippen molar-refractivity contribution in [2.45, 2.75) is 44.7 Å². The van der Waals surface area contributed by atoms with Crippen LogP contribution in [0.3, 0.4) is 0 Å². The summed E-state index contributed by atoms with van der Waals surface area (Å²) in [5, 5.41) is 3.12. The van der Waals surface area contributed by atoms with E-state index in [1.54, 1.807) is 6.08 Å². The standard InChI is InChI=1S/C31H40N4O3/c1-3-21-38-31(37)35-19-10-13-25-28(23-11-6-5-7-12-23)34(4-2)27-15-14-24(22-26(27)29(25)35)30(36)32-16-20-33-17-8-9-18-33/h3,5-7,11-12,14-15,22,25,28-29H,1,4,8-10,13,16-21H2,2H3,(H,32,36)/t25-,28?,29-/m0/s1. The van der Waals surface area contributed by atoms with Crippen LogP contribution in [0, 0.1) is 5.92 Å². The SMILES string of the molecule is C=CCOC(=O)N1CCC[C@H]2C(c3ccccc3)N(CC)c3ccc(C(=O)NCCN4CCCC4)cc3[C@H]21. The molecule has 7 nitrogen and oxygen atoms in total. The van der Waals surface area contributed by atoms with Crippen molar-refractivity contribution in [3.63, 3.8) is 0 Å². The molecule has 0 aliphatic carbocycles. The summed E-state index contributed by atoms with van der Waals surface area (Å²) in [5.41, 5.74) is 4.01. The summed E-state index contributed by atoms with van der Waals surface area (Å²) in [6.45, 7) is 11.3. The average Bonchev–Trinajstić information content (AvgIpc) is 3.48. The Balaban J connectivity index is 1.49. The van der Waals surface area contributed by atoms with Crippen LogP contribution in [0.4, 0.5) is 10.5 Å². The molecule has 38 heavy (non-hydrogen) atoms. The highest BCUT2D eigenvalue weighted by Crippen LogP contribution is 2.53. The molecule has 0 saturated carbocycles. The maximum atomic E-state index is 13.3. The van der Waals surface area contributed by atoms with E-state index in [2.05, 4.69) is 59.0 Å². The van der Waals surface area contributed by atoms with Crippen LogP contribution in [-0.4, -0.2) is 67.7 Å². The van der Waals surface area contributed by atoms with Gasteiger partial charge in [0.15, 0.2) is 0 Å². The highest BCUT2D eigenvalue weighted by Gasteiger charge is 2.47. The molecule has 3 aliphatic rings. The van der Waals surface area contributed by atoms with Gasteiger partial charge in [0.2, 0.25) is 0 Å². The quantitative estimate of drug-likeness (QED) is 0.491. The van der Waals surface area contributed by atoms with Crippen molar-refractivity contribution in [2.75, 3.05) is 50.8 Å². The third kappa shape index (κ3) is 5.30. The van der Waals surface area contributed by atoms with Crippen LogP contribution in [-0.2, 0) is 4.74 Å². The molecule has 2 fully saturated rings. The van der Waals surface area contributed by atoms with Crippen LogP contribution in [0.1, 0.15) is 66.2 Å². The van der Waals surface area contributed by atoms with E-state index in [0.717, 1.165) is 50.3 Å². The Bertz CT molecular complexity index is 1130. The lowest BCUT2D eigenvalue weighted by molar-refractivity contribution is 0.0465. The molecule has 3 aliphatic heterocycles. The van der Waals surface area contributed by atoms with E-state index in [9.17, 15) is 9.59 Å².